The largest absolute Gasteiger partial charge is 0.354 e. The molecule has 2 aromatic carbocycles. The highest BCUT2D eigenvalue weighted by molar-refractivity contribution is 7.93. The Hall–Kier alpha value is -2.36. The Morgan fingerprint density at radius 1 is 1.04 bits per heavy atom. The maximum absolute atomic E-state index is 12.7. The molecule has 136 valence electrons. The molecule has 3 aromatic rings. The van der Waals surface area contributed by atoms with E-state index in [2.05, 4.69) is 9.88 Å². The molecule has 0 spiro atoms. The lowest BCUT2D eigenvalue weighted by Gasteiger charge is -2.10. The van der Waals surface area contributed by atoms with Gasteiger partial charge in [0.2, 0.25) is 0 Å². The Morgan fingerprint density at radius 3 is 2.38 bits per heavy atom. The third kappa shape index (κ3) is 3.74. The van der Waals surface area contributed by atoms with Crippen LogP contribution in [-0.4, -0.2) is 28.2 Å². The third-order valence-corrected chi connectivity index (χ3v) is 6.43. The molecule has 0 aliphatic rings. The van der Waals surface area contributed by atoms with Gasteiger partial charge in [-0.3, -0.25) is 4.72 Å². The fourth-order valence-electron chi connectivity index (χ4n) is 2.23. The van der Waals surface area contributed by atoms with Crippen molar-refractivity contribution < 1.29 is 21.4 Å². The molecule has 0 aliphatic carbocycles. The Kier molecular flexibility index (Phi) is 4.78. The molecule has 26 heavy (non-hydrogen) atoms. The molecule has 0 aliphatic heterocycles. The number of sulfonamides is 1. The van der Waals surface area contributed by atoms with Crippen LogP contribution in [0.25, 0.3) is 11.3 Å². The van der Waals surface area contributed by atoms with Crippen LogP contribution in [0.3, 0.4) is 0 Å². The Morgan fingerprint density at radius 2 is 1.73 bits per heavy atom. The van der Waals surface area contributed by atoms with E-state index < -0.39 is 19.9 Å². The minimum absolute atomic E-state index is 0.108. The first kappa shape index (κ1) is 18.4. The molecule has 7 nitrogen and oxygen atoms in total. The van der Waals surface area contributed by atoms with Crippen molar-refractivity contribution in [1.29, 1.82) is 0 Å². The zero-order chi connectivity index (χ0) is 18.9. The van der Waals surface area contributed by atoms with Crippen molar-refractivity contribution in [2.75, 3.05) is 11.0 Å². The van der Waals surface area contributed by atoms with Gasteiger partial charge in [0.15, 0.2) is 15.6 Å². The number of aromatic nitrogens is 1. The van der Waals surface area contributed by atoms with E-state index >= 15 is 0 Å². The average molecular weight is 413 g/mol. The first-order chi connectivity index (χ1) is 12.2. The maximum atomic E-state index is 12.7. The van der Waals surface area contributed by atoms with Crippen molar-refractivity contribution in [3.63, 3.8) is 0 Å². The fraction of sp³-hybridized carbons (Fsp3) is 0.0625. The van der Waals surface area contributed by atoms with Crippen LogP contribution < -0.4 is 4.72 Å². The maximum Gasteiger partial charge on any atom is 0.263 e. The van der Waals surface area contributed by atoms with Gasteiger partial charge in [-0.05, 0) is 18.2 Å². The molecule has 10 heteroatoms. The summed E-state index contributed by atoms with van der Waals surface area (Å²) in [6, 6.07) is 12.3. The predicted octanol–water partition coefficient (Wildman–Crippen LogP) is 3.20. The molecule has 1 heterocycles. The van der Waals surface area contributed by atoms with E-state index in [4.69, 9.17) is 16.1 Å². The van der Waals surface area contributed by atoms with Crippen molar-refractivity contribution in [3.8, 4) is 11.3 Å². The molecule has 1 N–H and O–H groups in total. The van der Waals surface area contributed by atoms with Crippen LogP contribution in [0.5, 0.6) is 0 Å². The molecule has 0 atom stereocenters. The number of rotatable bonds is 5. The van der Waals surface area contributed by atoms with Crippen LogP contribution in [-0.2, 0) is 19.9 Å². The average Bonchev–Trinajstić information content (AvgIpc) is 3.02. The molecule has 0 amide bonds. The zero-order valence-corrected chi connectivity index (χ0v) is 15.8. The van der Waals surface area contributed by atoms with E-state index in [0.29, 0.717) is 5.56 Å². The van der Waals surface area contributed by atoms with Gasteiger partial charge in [-0.25, -0.2) is 16.8 Å². The Balaban J connectivity index is 2.03. The van der Waals surface area contributed by atoms with Crippen molar-refractivity contribution in [3.05, 3.63) is 59.8 Å². The molecular formula is C16H13ClN2O5S2. The van der Waals surface area contributed by atoms with Crippen LogP contribution in [0, 0.1) is 0 Å². The number of nitrogens with zero attached hydrogens (tertiary/aromatic N) is 1. The molecule has 0 unspecified atom stereocenters. The first-order valence-corrected chi connectivity index (χ1v) is 11.0. The SMILES string of the molecule is CS(=O)(=O)c1ccc(Cl)c(S(=O)(=O)Nc2cnoc2-c2ccccc2)c1. The van der Waals surface area contributed by atoms with Gasteiger partial charge in [-0.15, -0.1) is 0 Å². The van der Waals surface area contributed by atoms with Crippen LogP contribution in [0.15, 0.2) is 69.0 Å². The molecule has 0 bridgehead atoms. The normalized spacial score (nSPS) is 12.1. The van der Waals surface area contributed by atoms with Crippen molar-refractivity contribution in [1.82, 2.24) is 5.16 Å². The number of benzene rings is 2. The fourth-order valence-corrected chi connectivity index (χ4v) is 4.53. The van der Waals surface area contributed by atoms with Gasteiger partial charge in [0, 0.05) is 11.8 Å². The summed E-state index contributed by atoms with van der Waals surface area (Å²) < 4.78 is 56.3. The second-order valence-electron chi connectivity index (χ2n) is 5.40. The van der Waals surface area contributed by atoms with Crippen molar-refractivity contribution >= 4 is 37.1 Å². The lowest BCUT2D eigenvalue weighted by atomic mass is 10.1. The molecule has 3 rings (SSSR count). The second kappa shape index (κ2) is 6.75. The summed E-state index contributed by atoms with van der Waals surface area (Å²) in [5.74, 6) is 0.226. The highest BCUT2D eigenvalue weighted by Crippen LogP contribution is 2.31. The van der Waals surface area contributed by atoms with Gasteiger partial charge in [-0.2, -0.15) is 0 Å². The van der Waals surface area contributed by atoms with Gasteiger partial charge in [-0.1, -0.05) is 47.1 Å². The summed E-state index contributed by atoms with van der Waals surface area (Å²) >= 11 is 5.97. The van der Waals surface area contributed by atoms with Gasteiger partial charge in [0.25, 0.3) is 10.0 Å². The van der Waals surface area contributed by atoms with Crippen molar-refractivity contribution in [2.24, 2.45) is 0 Å². The van der Waals surface area contributed by atoms with Gasteiger partial charge in [0.1, 0.15) is 10.6 Å². The summed E-state index contributed by atoms with van der Waals surface area (Å²) in [5.41, 5.74) is 0.732. The Bertz CT molecular complexity index is 1160. The topological polar surface area (TPSA) is 106 Å². The lowest BCUT2D eigenvalue weighted by molar-refractivity contribution is 0.432. The second-order valence-corrected chi connectivity index (χ2v) is 9.48. The van der Waals surface area contributed by atoms with E-state index in [0.717, 1.165) is 12.3 Å². The summed E-state index contributed by atoms with van der Waals surface area (Å²) in [6.45, 7) is 0. The highest BCUT2D eigenvalue weighted by atomic mass is 35.5. The third-order valence-electron chi connectivity index (χ3n) is 3.47. The molecule has 1 aromatic heterocycles. The van der Waals surface area contributed by atoms with E-state index in [-0.39, 0.29) is 26.3 Å². The van der Waals surface area contributed by atoms with Crippen molar-refractivity contribution in [2.45, 2.75) is 9.79 Å². The van der Waals surface area contributed by atoms with E-state index in [1.165, 1.54) is 18.3 Å². The van der Waals surface area contributed by atoms with Crippen LogP contribution >= 0.6 is 11.6 Å². The summed E-state index contributed by atoms with van der Waals surface area (Å²) in [4.78, 5) is -0.516. The number of hydrogen-bond donors (Lipinski definition) is 1. The highest BCUT2D eigenvalue weighted by Gasteiger charge is 2.23. The van der Waals surface area contributed by atoms with Gasteiger partial charge in [0.05, 0.1) is 16.1 Å². The lowest BCUT2D eigenvalue weighted by Crippen LogP contribution is -2.14. The molecule has 0 saturated carbocycles. The summed E-state index contributed by atoms with van der Waals surface area (Å²) in [7, 11) is -7.77. The molecule has 0 fully saturated rings. The first-order valence-electron chi connectivity index (χ1n) is 7.21. The minimum Gasteiger partial charge on any atom is -0.354 e. The van der Waals surface area contributed by atoms with Crippen LogP contribution in [0.2, 0.25) is 5.02 Å². The molecule has 0 radical (unpaired) electrons. The quantitative estimate of drug-likeness (QED) is 0.689. The summed E-state index contributed by atoms with van der Waals surface area (Å²) in [6.07, 6.45) is 2.20. The number of anilines is 1. The zero-order valence-electron chi connectivity index (χ0n) is 13.4. The number of sulfone groups is 1. The van der Waals surface area contributed by atoms with E-state index in [1.807, 2.05) is 0 Å². The standard InChI is InChI=1S/C16H13ClN2O5S2/c1-25(20,21)12-7-8-13(17)15(9-12)26(22,23)19-14-10-18-24-16(14)11-5-3-2-4-6-11/h2-10,19H,1H3. The van der Waals surface area contributed by atoms with E-state index in [9.17, 15) is 16.8 Å². The van der Waals surface area contributed by atoms with Crippen LogP contribution in [0.1, 0.15) is 0 Å². The number of nitrogens with one attached hydrogen (secondary N) is 1. The van der Waals surface area contributed by atoms with Crippen LogP contribution in [0.4, 0.5) is 5.69 Å². The Labute approximate surface area is 155 Å². The molecule has 0 saturated heterocycles. The number of hydrogen-bond acceptors (Lipinski definition) is 6. The van der Waals surface area contributed by atoms with Gasteiger partial charge >= 0.3 is 0 Å². The number of halogens is 1. The monoisotopic (exact) mass is 412 g/mol. The van der Waals surface area contributed by atoms with E-state index in [1.54, 1.807) is 30.3 Å². The smallest absolute Gasteiger partial charge is 0.263 e. The summed E-state index contributed by atoms with van der Waals surface area (Å²) in [5, 5.41) is 3.52. The predicted molar refractivity (Wildman–Crippen MR) is 97.3 cm³/mol. The van der Waals surface area contributed by atoms with Gasteiger partial charge < -0.3 is 4.52 Å². The molecular weight excluding hydrogens is 400 g/mol. The minimum atomic E-state index is -4.17.